The van der Waals surface area contributed by atoms with Gasteiger partial charge in [0.25, 0.3) is 5.91 Å². The van der Waals surface area contributed by atoms with E-state index in [-0.39, 0.29) is 18.0 Å². The van der Waals surface area contributed by atoms with Crippen molar-refractivity contribution in [3.05, 3.63) is 35.6 Å². The summed E-state index contributed by atoms with van der Waals surface area (Å²) in [5.74, 6) is 0.862. The number of nitrogens with zero attached hydrogens (tertiary/aromatic N) is 2. The average Bonchev–Trinajstić information content (AvgIpc) is 3.20. The minimum Gasteiger partial charge on any atom is -0.461 e. The van der Waals surface area contributed by atoms with Gasteiger partial charge in [0, 0.05) is 42.9 Å². The Morgan fingerprint density at radius 1 is 1.25 bits per heavy atom. The number of fused-ring (bicyclic) bond motifs is 1. The van der Waals surface area contributed by atoms with Gasteiger partial charge in [0.05, 0.1) is 6.54 Å². The maximum Gasteiger partial charge on any atom is 0.410 e. The molecule has 0 aliphatic carbocycles. The Labute approximate surface area is 165 Å². The van der Waals surface area contributed by atoms with Crippen molar-refractivity contribution in [1.82, 2.24) is 9.80 Å². The highest BCUT2D eigenvalue weighted by Crippen LogP contribution is 2.35. The van der Waals surface area contributed by atoms with Gasteiger partial charge in [-0.3, -0.25) is 4.79 Å². The summed E-state index contributed by atoms with van der Waals surface area (Å²) in [6.07, 6.45) is 3.19. The van der Waals surface area contributed by atoms with Crippen molar-refractivity contribution >= 4 is 23.0 Å². The van der Waals surface area contributed by atoms with Crippen molar-refractivity contribution in [1.29, 1.82) is 0 Å². The Kier molecular flexibility index (Phi) is 4.81. The number of piperidine rings is 1. The van der Waals surface area contributed by atoms with Crippen molar-refractivity contribution in [2.24, 2.45) is 0 Å². The van der Waals surface area contributed by atoms with Gasteiger partial charge in [-0.15, -0.1) is 0 Å². The van der Waals surface area contributed by atoms with Crippen LogP contribution in [0.5, 0.6) is 0 Å². The van der Waals surface area contributed by atoms with Crippen LogP contribution in [0.25, 0.3) is 11.0 Å². The lowest BCUT2D eigenvalue weighted by Crippen LogP contribution is -2.49. The summed E-state index contributed by atoms with van der Waals surface area (Å²) >= 11 is 0. The molecular weight excluding hydrogens is 356 g/mol. The number of amides is 2. The molecule has 1 aromatic carbocycles. The molecule has 0 radical (unpaired) electrons. The van der Waals surface area contributed by atoms with Gasteiger partial charge in [-0.1, -0.05) is 13.3 Å². The number of benzene rings is 1. The number of rotatable bonds is 4. The first-order valence-corrected chi connectivity index (χ1v) is 10.2. The Balaban J connectivity index is 1.42. The Hall–Kier alpha value is -2.50. The van der Waals surface area contributed by atoms with E-state index in [2.05, 4.69) is 13.8 Å². The molecule has 2 fully saturated rings. The third-order valence-electron chi connectivity index (χ3n) is 6.08. The molecule has 2 aliphatic rings. The molecule has 0 saturated carbocycles. The van der Waals surface area contributed by atoms with E-state index < -0.39 is 5.60 Å². The molecule has 3 heterocycles. The SMILES string of the molecule is CCC[C@H](C)N1CC2(CCN(C(=O)c3ccc4oc(C)cc4c3)CC2)OC1=O. The zero-order valence-electron chi connectivity index (χ0n) is 16.9. The van der Waals surface area contributed by atoms with Crippen molar-refractivity contribution in [3.8, 4) is 0 Å². The number of aryl methyl sites for hydroxylation is 1. The van der Waals surface area contributed by atoms with Crippen LogP contribution in [0, 0.1) is 6.92 Å². The second kappa shape index (κ2) is 7.15. The minimum atomic E-state index is -0.443. The monoisotopic (exact) mass is 384 g/mol. The fourth-order valence-electron chi connectivity index (χ4n) is 4.43. The molecule has 2 amide bonds. The van der Waals surface area contributed by atoms with Crippen LogP contribution >= 0.6 is 0 Å². The zero-order valence-corrected chi connectivity index (χ0v) is 16.9. The molecule has 0 bridgehead atoms. The zero-order chi connectivity index (χ0) is 19.9. The number of hydrogen-bond acceptors (Lipinski definition) is 4. The molecule has 0 unspecified atom stereocenters. The number of likely N-dealkylation sites (tertiary alicyclic amines) is 1. The second-order valence-electron chi connectivity index (χ2n) is 8.22. The van der Waals surface area contributed by atoms with E-state index in [0.717, 1.165) is 29.6 Å². The lowest BCUT2D eigenvalue weighted by Gasteiger charge is -2.37. The third kappa shape index (κ3) is 3.36. The molecule has 2 aliphatic heterocycles. The van der Waals surface area contributed by atoms with Crippen LogP contribution in [0.15, 0.2) is 28.7 Å². The summed E-state index contributed by atoms with van der Waals surface area (Å²) in [5, 5.41) is 0.946. The lowest BCUT2D eigenvalue weighted by molar-refractivity contribution is 0.00307. The Bertz CT molecular complexity index is 895. The highest BCUT2D eigenvalue weighted by Gasteiger charge is 2.48. The van der Waals surface area contributed by atoms with Crippen molar-refractivity contribution in [2.75, 3.05) is 19.6 Å². The average molecular weight is 384 g/mol. The van der Waals surface area contributed by atoms with Crippen LogP contribution in [0.4, 0.5) is 4.79 Å². The van der Waals surface area contributed by atoms with Crippen molar-refractivity contribution < 1.29 is 18.7 Å². The Morgan fingerprint density at radius 2 is 2.00 bits per heavy atom. The molecule has 4 rings (SSSR count). The summed E-state index contributed by atoms with van der Waals surface area (Å²) in [6, 6.07) is 7.71. The first-order valence-electron chi connectivity index (χ1n) is 10.2. The smallest absolute Gasteiger partial charge is 0.410 e. The van der Waals surface area contributed by atoms with Gasteiger partial charge >= 0.3 is 6.09 Å². The van der Waals surface area contributed by atoms with Gasteiger partial charge < -0.3 is 19.0 Å². The van der Waals surface area contributed by atoms with Crippen molar-refractivity contribution in [2.45, 2.75) is 58.1 Å². The topological polar surface area (TPSA) is 63.0 Å². The van der Waals surface area contributed by atoms with E-state index in [9.17, 15) is 9.59 Å². The van der Waals surface area contributed by atoms with E-state index in [1.54, 1.807) is 0 Å². The molecule has 2 saturated heterocycles. The van der Waals surface area contributed by atoms with E-state index >= 15 is 0 Å². The third-order valence-corrected chi connectivity index (χ3v) is 6.08. The maximum atomic E-state index is 13.0. The molecule has 1 atom stereocenters. The Morgan fingerprint density at radius 3 is 2.71 bits per heavy atom. The number of hydrogen-bond donors (Lipinski definition) is 0. The number of carbonyl (C=O) groups excluding carboxylic acids is 2. The normalized spacial score (nSPS) is 20.0. The number of ether oxygens (including phenoxy) is 1. The minimum absolute atomic E-state index is 0.0242. The number of furan rings is 1. The molecular formula is C22H28N2O4. The van der Waals surface area contributed by atoms with Gasteiger partial charge in [0.1, 0.15) is 16.9 Å². The van der Waals surface area contributed by atoms with Gasteiger partial charge in [0.2, 0.25) is 0 Å². The van der Waals surface area contributed by atoms with E-state index in [1.807, 2.05) is 41.0 Å². The highest BCUT2D eigenvalue weighted by molar-refractivity contribution is 5.98. The molecule has 1 spiro atoms. The lowest BCUT2D eigenvalue weighted by atomic mass is 9.90. The fourth-order valence-corrected chi connectivity index (χ4v) is 4.43. The highest BCUT2D eigenvalue weighted by atomic mass is 16.6. The van der Waals surface area contributed by atoms with Gasteiger partial charge in [-0.05, 0) is 44.5 Å². The standard InChI is InChI=1S/C22H28N2O4/c1-4-5-15(2)24-14-22(28-21(24)26)8-10-23(11-9-22)20(25)17-6-7-19-18(13-17)12-16(3)27-19/h6-7,12-13,15H,4-5,8-11,14H2,1-3H3/t15-/m0/s1. The largest absolute Gasteiger partial charge is 0.461 e. The summed E-state index contributed by atoms with van der Waals surface area (Å²) in [6.45, 7) is 7.94. The summed E-state index contributed by atoms with van der Waals surface area (Å²) in [5.41, 5.74) is 1.03. The van der Waals surface area contributed by atoms with E-state index in [0.29, 0.717) is 38.0 Å². The van der Waals surface area contributed by atoms with Gasteiger partial charge in [-0.2, -0.15) is 0 Å². The summed E-state index contributed by atoms with van der Waals surface area (Å²) < 4.78 is 11.4. The molecule has 2 aromatic rings. The molecule has 0 N–H and O–H groups in total. The molecule has 28 heavy (non-hydrogen) atoms. The summed E-state index contributed by atoms with van der Waals surface area (Å²) in [7, 11) is 0. The van der Waals surface area contributed by atoms with E-state index in [4.69, 9.17) is 9.15 Å². The molecule has 6 nitrogen and oxygen atoms in total. The maximum absolute atomic E-state index is 13.0. The van der Waals surface area contributed by atoms with Crippen LogP contribution in [0.1, 0.15) is 55.6 Å². The quantitative estimate of drug-likeness (QED) is 0.786. The van der Waals surface area contributed by atoms with Crippen LogP contribution in [0.2, 0.25) is 0 Å². The summed E-state index contributed by atoms with van der Waals surface area (Å²) in [4.78, 5) is 29.0. The second-order valence-corrected chi connectivity index (χ2v) is 8.22. The van der Waals surface area contributed by atoms with Crippen LogP contribution in [-0.2, 0) is 4.74 Å². The molecule has 6 heteroatoms. The first kappa shape index (κ1) is 18.8. The van der Waals surface area contributed by atoms with Crippen LogP contribution < -0.4 is 0 Å². The first-order chi connectivity index (χ1) is 13.4. The predicted octanol–water partition coefficient (Wildman–Crippen LogP) is 4.36. The van der Waals surface area contributed by atoms with E-state index in [1.165, 1.54) is 0 Å². The predicted molar refractivity (Wildman–Crippen MR) is 106 cm³/mol. The fraction of sp³-hybridized carbons (Fsp3) is 0.545. The van der Waals surface area contributed by atoms with Crippen LogP contribution in [0.3, 0.4) is 0 Å². The number of carbonyl (C=O) groups is 2. The van der Waals surface area contributed by atoms with Crippen LogP contribution in [-0.4, -0.2) is 53.1 Å². The van der Waals surface area contributed by atoms with Gasteiger partial charge in [0.15, 0.2) is 0 Å². The molecule has 1 aromatic heterocycles. The van der Waals surface area contributed by atoms with Crippen molar-refractivity contribution in [3.63, 3.8) is 0 Å². The van der Waals surface area contributed by atoms with Gasteiger partial charge in [-0.25, -0.2) is 4.79 Å². The molecule has 150 valence electrons.